The molecule has 0 saturated heterocycles. The second-order valence-corrected chi connectivity index (χ2v) is 3.74. The summed E-state index contributed by atoms with van der Waals surface area (Å²) in [4.78, 5) is 4.01. The maximum absolute atomic E-state index is 6.94. The van der Waals surface area contributed by atoms with Gasteiger partial charge in [0.25, 0.3) is 0 Å². The van der Waals surface area contributed by atoms with Crippen molar-refractivity contribution >= 4 is 58.2 Å². The van der Waals surface area contributed by atoms with E-state index in [4.69, 9.17) is 16.9 Å². The number of halogens is 2. The molecule has 0 spiro atoms. The van der Waals surface area contributed by atoms with E-state index in [-0.39, 0.29) is 30.0 Å². The van der Waals surface area contributed by atoms with Crippen LogP contribution in [0.15, 0.2) is 5.38 Å². The second-order valence-electron chi connectivity index (χ2n) is 1.83. The van der Waals surface area contributed by atoms with E-state index in [1.165, 1.54) is 23.1 Å². The molecule has 1 aromatic rings. The lowest BCUT2D eigenvalue weighted by molar-refractivity contribution is 1.24. The summed E-state index contributed by atoms with van der Waals surface area (Å²) in [6.07, 6.45) is 0. The number of nitrogens with two attached hydrogens (primary N) is 2. The topological polar surface area (TPSA) is 88.8 Å². The van der Waals surface area contributed by atoms with Crippen molar-refractivity contribution in [3.05, 3.63) is 11.1 Å². The molecule has 1 rings (SSSR count). The van der Waals surface area contributed by atoms with Crippen LogP contribution in [0.3, 0.4) is 0 Å². The summed E-state index contributed by atoms with van der Waals surface area (Å²) in [6.45, 7) is 0. The van der Waals surface area contributed by atoms with Crippen LogP contribution in [0.2, 0.25) is 0 Å². The van der Waals surface area contributed by atoms with Crippen LogP contribution < -0.4 is 11.5 Å². The molecule has 1 aromatic heterocycles. The Bertz CT molecular complexity index is 265. The first-order valence-electron chi connectivity index (χ1n) is 2.85. The highest BCUT2D eigenvalue weighted by Gasteiger charge is 1.99. The lowest BCUT2D eigenvalue weighted by Crippen LogP contribution is -2.03. The minimum absolute atomic E-state index is 0. The molecule has 0 aliphatic rings. The van der Waals surface area contributed by atoms with E-state index in [0.29, 0.717) is 10.9 Å². The SMILES string of the molecule is Cl.Cl.N=C(N)SCc1csc(N)n1. The smallest absolute Gasteiger partial charge is 0.180 e. The molecule has 0 fully saturated rings. The van der Waals surface area contributed by atoms with Gasteiger partial charge in [0.2, 0.25) is 0 Å². The number of nitrogens with one attached hydrogen (secondary N) is 1. The van der Waals surface area contributed by atoms with E-state index in [1.807, 2.05) is 5.38 Å². The number of thiazole rings is 1. The molecule has 0 radical (unpaired) electrons. The maximum atomic E-state index is 6.94. The Kier molecular flexibility index (Phi) is 8.54. The molecule has 0 amide bonds. The fourth-order valence-corrected chi connectivity index (χ4v) is 1.66. The highest BCUT2D eigenvalue weighted by atomic mass is 35.5. The van der Waals surface area contributed by atoms with Crippen LogP contribution in [0.5, 0.6) is 0 Å². The first kappa shape index (κ1) is 15.3. The molecule has 5 N–H and O–H groups in total. The summed E-state index contributed by atoms with van der Waals surface area (Å²) in [7, 11) is 0. The Hall–Kier alpha value is -0.170. The molecule has 4 nitrogen and oxygen atoms in total. The van der Waals surface area contributed by atoms with Crippen LogP contribution in [0.25, 0.3) is 0 Å². The number of nitrogens with zero attached hydrogens (tertiary/aromatic N) is 1. The highest BCUT2D eigenvalue weighted by Crippen LogP contribution is 2.16. The van der Waals surface area contributed by atoms with Gasteiger partial charge in [0.1, 0.15) is 0 Å². The molecule has 0 atom stereocenters. The number of thioether (sulfide) groups is 1. The van der Waals surface area contributed by atoms with Crippen LogP contribution in [0.1, 0.15) is 5.69 Å². The van der Waals surface area contributed by atoms with Crippen LogP contribution in [-0.4, -0.2) is 10.2 Å². The number of amidine groups is 1. The number of hydrogen-bond acceptors (Lipinski definition) is 5. The number of rotatable bonds is 2. The Balaban J connectivity index is 0. The Morgan fingerprint density at radius 3 is 2.62 bits per heavy atom. The number of nitrogen functional groups attached to an aromatic ring is 1. The Morgan fingerprint density at radius 2 is 2.23 bits per heavy atom. The van der Waals surface area contributed by atoms with E-state index < -0.39 is 0 Å². The van der Waals surface area contributed by atoms with Gasteiger partial charge in [-0.05, 0) is 0 Å². The third kappa shape index (κ3) is 5.98. The maximum Gasteiger partial charge on any atom is 0.180 e. The van der Waals surface area contributed by atoms with Gasteiger partial charge in [-0.1, -0.05) is 11.8 Å². The van der Waals surface area contributed by atoms with Crippen LogP contribution in [0.4, 0.5) is 5.13 Å². The van der Waals surface area contributed by atoms with Crippen LogP contribution in [0, 0.1) is 5.41 Å². The molecule has 13 heavy (non-hydrogen) atoms. The Morgan fingerprint density at radius 1 is 1.62 bits per heavy atom. The van der Waals surface area contributed by atoms with Gasteiger partial charge in [-0.2, -0.15) is 0 Å². The third-order valence-electron chi connectivity index (χ3n) is 0.945. The van der Waals surface area contributed by atoms with Crippen molar-refractivity contribution in [3.8, 4) is 0 Å². The molecule has 0 saturated carbocycles. The lowest BCUT2D eigenvalue weighted by atomic mass is 10.6. The van der Waals surface area contributed by atoms with E-state index >= 15 is 0 Å². The number of hydrogen-bond donors (Lipinski definition) is 3. The molecule has 76 valence electrons. The largest absolute Gasteiger partial charge is 0.379 e. The monoisotopic (exact) mass is 260 g/mol. The normalized spacial score (nSPS) is 8.31. The van der Waals surface area contributed by atoms with Crippen molar-refractivity contribution in [2.45, 2.75) is 5.75 Å². The van der Waals surface area contributed by atoms with Gasteiger partial charge in [-0.15, -0.1) is 36.2 Å². The van der Waals surface area contributed by atoms with Gasteiger partial charge in [-0.3, -0.25) is 5.41 Å². The quantitative estimate of drug-likeness (QED) is 0.558. The molecular formula is C5H10Cl2N4S2. The fraction of sp³-hybridized carbons (Fsp3) is 0.200. The van der Waals surface area contributed by atoms with Crippen LogP contribution >= 0.6 is 47.9 Å². The van der Waals surface area contributed by atoms with Crippen molar-refractivity contribution in [2.75, 3.05) is 5.73 Å². The molecule has 0 aromatic carbocycles. The van der Waals surface area contributed by atoms with Gasteiger partial charge in [0.05, 0.1) is 5.69 Å². The predicted molar refractivity (Wildman–Crippen MR) is 64.2 cm³/mol. The summed E-state index contributed by atoms with van der Waals surface area (Å²) >= 11 is 2.65. The van der Waals surface area contributed by atoms with Gasteiger partial charge in [0, 0.05) is 11.1 Å². The van der Waals surface area contributed by atoms with Crippen molar-refractivity contribution in [1.82, 2.24) is 4.98 Å². The van der Waals surface area contributed by atoms with Gasteiger partial charge in [-0.25, -0.2) is 4.98 Å². The standard InChI is InChI=1S/C5H8N4S2.2ClH/c6-4(7)10-1-3-2-11-5(8)9-3;;/h2H,1H2,(H3,6,7)(H2,8,9);2*1H. The summed E-state index contributed by atoms with van der Waals surface area (Å²) in [6, 6.07) is 0. The van der Waals surface area contributed by atoms with Crippen LogP contribution in [-0.2, 0) is 5.75 Å². The van der Waals surface area contributed by atoms with Crippen molar-refractivity contribution in [3.63, 3.8) is 0 Å². The second kappa shape index (κ2) is 7.25. The molecule has 8 heteroatoms. The molecule has 0 aliphatic heterocycles. The van der Waals surface area contributed by atoms with Crippen molar-refractivity contribution < 1.29 is 0 Å². The zero-order chi connectivity index (χ0) is 8.27. The number of anilines is 1. The van der Waals surface area contributed by atoms with E-state index in [2.05, 4.69) is 4.98 Å². The van der Waals surface area contributed by atoms with Gasteiger partial charge in [0.15, 0.2) is 10.3 Å². The van der Waals surface area contributed by atoms with Gasteiger partial charge < -0.3 is 11.5 Å². The summed E-state index contributed by atoms with van der Waals surface area (Å²) < 4.78 is 0. The number of aromatic nitrogens is 1. The van der Waals surface area contributed by atoms with E-state index in [9.17, 15) is 0 Å². The summed E-state index contributed by atoms with van der Waals surface area (Å²) in [5.74, 6) is 0.628. The fourth-order valence-electron chi connectivity index (χ4n) is 0.541. The minimum Gasteiger partial charge on any atom is -0.379 e. The Labute approximate surface area is 96.8 Å². The zero-order valence-electron chi connectivity index (χ0n) is 6.52. The highest BCUT2D eigenvalue weighted by molar-refractivity contribution is 8.13. The molecule has 0 bridgehead atoms. The molecule has 0 aliphatic carbocycles. The molecular weight excluding hydrogens is 251 g/mol. The predicted octanol–water partition coefficient (Wildman–Crippen LogP) is 1.70. The minimum atomic E-state index is 0. The van der Waals surface area contributed by atoms with E-state index in [1.54, 1.807) is 0 Å². The zero-order valence-corrected chi connectivity index (χ0v) is 9.79. The average Bonchev–Trinajstić information content (AvgIpc) is 2.31. The third-order valence-corrected chi connectivity index (χ3v) is 2.42. The first-order valence-corrected chi connectivity index (χ1v) is 4.71. The average molecular weight is 261 g/mol. The lowest BCUT2D eigenvalue weighted by Gasteiger charge is -1.92. The first-order chi connectivity index (χ1) is 5.18. The molecule has 0 unspecified atom stereocenters. The summed E-state index contributed by atoms with van der Waals surface area (Å²) in [5, 5.41) is 9.47. The summed E-state index contributed by atoms with van der Waals surface area (Å²) in [5.41, 5.74) is 11.4. The van der Waals surface area contributed by atoms with Crippen molar-refractivity contribution in [1.29, 1.82) is 5.41 Å². The molecule has 1 heterocycles. The van der Waals surface area contributed by atoms with Gasteiger partial charge >= 0.3 is 0 Å². The van der Waals surface area contributed by atoms with E-state index in [0.717, 1.165) is 5.69 Å². The van der Waals surface area contributed by atoms with Crippen molar-refractivity contribution in [2.24, 2.45) is 5.73 Å².